The number of carbonyl (C=O) groups is 4. The van der Waals surface area contributed by atoms with Crippen LogP contribution in [0.25, 0.3) is 0 Å². The molecule has 0 N–H and O–H groups in total. The Morgan fingerprint density at radius 1 is 0.935 bits per heavy atom. The van der Waals surface area contributed by atoms with E-state index in [1.54, 1.807) is 13.8 Å². The summed E-state index contributed by atoms with van der Waals surface area (Å²) in [4.78, 5) is 57.7. The van der Waals surface area contributed by atoms with E-state index in [9.17, 15) is 24.4 Å². The maximum absolute atomic E-state index is 12.2. The Morgan fingerprint density at radius 2 is 1.48 bits per heavy atom. The molecule has 0 bridgehead atoms. The number of ether oxygens (including phenoxy) is 4. The molecular formula is C18H22N2O10S. The van der Waals surface area contributed by atoms with Crippen molar-refractivity contribution in [2.24, 2.45) is 0 Å². The average molecular weight is 458 g/mol. The van der Waals surface area contributed by atoms with Gasteiger partial charge in [0.25, 0.3) is 0 Å². The van der Waals surface area contributed by atoms with Crippen molar-refractivity contribution in [1.82, 2.24) is 0 Å². The SMILES string of the molecule is CCOC(=O)CON(OCC(=O)OCC)c1sc(C(=O)OC)c(CC(=O)OC)c1C#N. The molecule has 0 spiro atoms. The zero-order chi connectivity index (χ0) is 23.4. The number of carbonyl (C=O) groups excluding carboxylic acids is 4. The molecule has 13 heteroatoms. The predicted octanol–water partition coefficient (Wildman–Crippen LogP) is 0.918. The van der Waals surface area contributed by atoms with Crippen LogP contribution < -0.4 is 5.23 Å². The van der Waals surface area contributed by atoms with Gasteiger partial charge in [0.1, 0.15) is 10.9 Å². The van der Waals surface area contributed by atoms with E-state index in [2.05, 4.69) is 4.74 Å². The van der Waals surface area contributed by atoms with Crippen LogP contribution in [-0.4, -0.2) is 64.5 Å². The molecule has 0 unspecified atom stereocenters. The Kier molecular flexibility index (Phi) is 11.0. The Morgan fingerprint density at radius 3 is 1.90 bits per heavy atom. The lowest BCUT2D eigenvalue weighted by molar-refractivity contribution is -0.166. The summed E-state index contributed by atoms with van der Waals surface area (Å²) in [7, 11) is 2.28. The third-order valence-electron chi connectivity index (χ3n) is 3.40. The van der Waals surface area contributed by atoms with Gasteiger partial charge >= 0.3 is 23.9 Å². The van der Waals surface area contributed by atoms with E-state index in [4.69, 9.17) is 23.9 Å². The number of anilines is 1. The summed E-state index contributed by atoms with van der Waals surface area (Å²) in [5.41, 5.74) is -0.144. The molecule has 1 rings (SSSR count). The summed E-state index contributed by atoms with van der Waals surface area (Å²) in [5.74, 6) is -3.02. The first-order valence-electron chi connectivity index (χ1n) is 8.90. The van der Waals surface area contributed by atoms with Gasteiger partial charge in [0.05, 0.1) is 39.4 Å². The van der Waals surface area contributed by atoms with Crippen LogP contribution in [0.4, 0.5) is 5.00 Å². The van der Waals surface area contributed by atoms with Gasteiger partial charge in [0.15, 0.2) is 18.2 Å². The van der Waals surface area contributed by atoms with Gasteiger partial charge in [-0.3, -0.25) is 4.79 Å². The van der Waals surface area contributed by atoms with Gasteiger partial charge in [0, 0.05) is 5.56 Å². The molecule has 0 saturated heterocycles. The fourth-order valence-electron chi connectivity index (χ4n) is 2.12. The van der Waals surface area contributed by atoms with Gasteiger partial charge in [0.2, 0.25) is 0 Å². The Labute approximate surface area is 182 Å². The fraction of sp³-hybridized carbons (Fsp3) is 0.500. The molecule has 31 heavy (non-hydrogen) atoms. The number of esters is 4. The molecule has 0 aromatic carbocycles. The number of hydrogen-bond donors (Lipinski definition) is 0. The average Bonchev–Trinajstić information content (AvgIpc) is 3.11. The van der Waals surface area contributed by atoms with Crippen LogP contribution in [0.1, 0.15) is 34.6 Å². The number of methoxy groups -OCH3 is 2. The molecule has 0 amide bonds. The number of hydrogen-bond acceptors (Lipinski definition) is 13. The van der Waals surface area contributed by atoms with Crippen molar-refractivity contribution < 1.29 is 47.8 Å². The highest BCUT2D eigenvalue weighted by molar-refractivity contribution is 7.18. The highest BCUT2D eigenvalue weighted by Gasteiger charge is 2.30. The number of rotatable bonds is 12. The largest absolute Gasteiger partial charge is 0.469 e. The minimum absolute atomic E-state index is 0.0191. The molecule has 0 fully saturated rings. The minimum Gasteiger partial charge on any atom is -0.469 e. The van der Waals surface area contributed by atoms with Crippen molar-refractivity contribution in [3.63, 3.8) is 0 Å². The van der Waals surface area contributed by atoms with Crippen LogP contribution in [0.3, 0.4) is 0 Å². The molecule has 0 aliphatic rings. The number of thiophene rings is 1. The summed E-state index contributed by atoms with van der Waals surface area (Å²) < 4.78 is 18.8. The van der Waals surface area contributed by atoms with Crippen molar-refractivity contribution in [3.8, 4) is 6.07 Å². The van der Waals surface area contributed by atoms with Gasteiger partial charge in [-0.05, 0) is 13.8 Å². The maximum Gasteiger partial charge on any atom is 0.348 e. The molecular weight excluding hydrogens is 436 g/mol. The lowest BCUT2D eigenvalue weighted by Gasteiger charge is -2.20. The van der Waals surface area contributed by atoms with E-state index in [-0.39, 0.29) is 34.2 Å². The summed E-state index contributed by atoms with van der Waals surface area (Å²) >= 11 is 0.701. The van der Waals surface area contributed by atoms with E-state index >= 15 is 0 Å². The number of nitrogens with zero attached hydrogens (tertiary/aromatic N) is 2. The zero-order valence-electron chi connectivity index (χ0n) is 17.4. The van der Waals surface area contributed by atoms with E-state index in [1.807, 2.05) is 6.07 Å². The first kappa shape index (κ1) is 25.8. The van der Waals surface area contributed by atoms with Gasteiger partial charge in [-0.1, -0.05) is 0 Å². The summed E-state index contributed by atoms with van der Waals surface area (Å²) in [6, 6.07) is 1.86. The first-order chi connectivity index (χ1) is 14.8. The van der Waals surface area contributed by atoms with Crippen LogP contribution in [0.5, 0.6) is 0 Å². The Hall–Kier alpha value is -3.21. The normalized spacial score (nSPS) is 10.0. The molecule has 0 aliphatic carbocycles. The van der Waals surface area contributed by atoms with Crippen LogP contribution in [0, 0.1) is 11.3 Å². The molecule has 0 aliphatic heterocycles. The standard InChI is InChI=1S/C18H22N2O10S/c1-5-27-14(22)9-29-20(30-10-15(23)28-6-2)17-12(8-19)11(7-13(21)25-3)16(31-17)18(24)26-4/h5-7,9-10H2,1-4H3. The zero-order valence-corrected chi connectivity index (χ0v) is 18.2. The minimum atomic E-state index is -0.817. The molecule has 12 nitrogen and oxygen atoms in total. The van der Waals surface area contributed by atoms with Gasteiger partial charge in [-0.25, -0.2) is 24.1 Å². The third kappa shape index (κ3) is 7.52. The summed E-state index contributed by atoms with van der Waals surface area (Å²) in [6.45, 7) is 2.15. The molecule has 170 valence electrons. The first-order valence-corrected chi connectivity index (χ1v) is 9.72. The predicted molar refractivity (Wildman–Crippen MR) is 104 cm³/mol. The van der Waals surface area contributed by atoms with Crippen LogP contribution in [0.2, 0.25) is 0 Å². The molecule has 0 atom stereocenters. The van der Waals surface area contributed by atoms with Crippen LogP contribution in [-0.2, 0) is 49.4 Å². The van der Waals surface area contributed by atoms with Crippen molar-refractivity contribution in [2.45, 2.75) is 20.3 Å². The summed E-state index contributed by atoms with van der Waals surface area (Å²) in [6.07, 6.45) is -0.413. The van der Waals surface area contributed by atoms with E-state index in [0.29, 0.717) is 16.6 Å². The third-order valence-corrected chi connectivity index (χ3v) is 4.56. The lowest BCUT2D eigenvalue weighted by atomic mass is 10.1. The van der Waals surface area contributed by atoms with Crippen LogP contribution >= 0.6 is 11.3 Å². The van der Waals surface area contributed by atoms with Gasteiger partial charge in [-0.2, -0.15) is 5.26 Å². The van der Waals surface area contributed by atoms with E-state index in [0.717, 1.165) is 14.2 Å². The molecule has 1 heterocycles. The molecule has 1 aromatic rings. The van der Waals surface area contributed by atoms with E-state index < -0.39 is 43.5 Å². The highest BCUT2D eigenvalue weighted by Crippen LogP contribution is 2.37. The van der Waals surface area contributed by atoms with E-state index in [1.165, 1.54) is 0 Å². The monoisotopic (exact) mass is 458 g/mol. The van der Waals surface area contributed by atoms with Gasteiger partial charge < -0.3 is 18.9 Å². The fourth-order valence-corrected chi connectivity index (χ4v) is 3.23. The quantitative estimate of drug-likeness (QED) is 0.249. The molecule has 1 aromatic heterocycles. The van der Waals surface area contributed by atoms with Crippen molar-refractivity contribution in [2.75, 3.05) is 45.9 Å². The lowest BCUT2D eigenvalue weighted by Crippen LogP contribution is -2.30. The van der Waals surface area contributed by atoms with Crippen molar-refractivity contribution in [1.29, 1.82) is 5.26 Å². The second-order valence-corrected chi connectivity index (χ2v) is 6.36. The molecule has 0 radical (unpaired) electrons. The molecule has 0 saturated carbocycles. The smallest absolute Gasteiger partial charge is 0.348 e. The second kappa shape index (κ2) is 13.2. The Balaban J connectivity index is 3.36. The second-order valence-electron chi connectivity index (χ2n) is 5.36. The maximum atomic E-state index is 12.2. The Bertz CT molecular complexity index is 823. The summed E-state index contributed by atoms with van der Waals surface area (Å²) in [5, 5.41) is 10.2. The highest BCUT2D eigenvalue weighted by atomic mass is 32.1. The van der Waals surface area contributed by atoms with Gasteiger partial charge in [-0.15, -0.1) is 16.6 Å². The topological polar surface area (TPSA) is 151 Å². The van der Waals surface area contributed by atoms with Crippen molar-refractivity contribution >= 4 is 40.2 Å². The van der Waals surface area contributed by atoms with Crippen LogP contribution in [0.15, 0.2) is 0 Å². The van der Waals surface area contributed by atoms with Crippen molar-refractivity contribution in [3.05, 3.63) is 16.0 Å². The number of nitriles is 1.